The molecule has 1 aromatic heterocycles. The van der Waals surface area contributed by atoms with E-state index in [0.29, 0.717) is 18.0 Å². The van der Waals surface area contributed by atoms with Crippen LogP contribution in [-0.2, 0) is 5.88 Å². The summed E-state index contributed by atoms with van der Waals surface area (Å²) in [5, 5.41) is 0. The van der Waals surface area contributed by atoms with Gasteiger partial charge in [0.1, 0.15) is 5.82 Å². The third-order valence-corrected chi connectivity index (χ3v) is 5.43. The number of hydrogen-bond donors (Lipinski definition) is 0. The van der Waals surface area contributed by atoms with Crippen LogP contribution in [0.2, 0.25) is 0 Å². The van der Waals surface area contributed by atoms with Crippen LogP contribution in [-0.4, -0.2) is 33.6 Å². The molecule has 2 aliphatic rings. The summed E-state index contributed by atoms with van der Waals surface area (Å²) in [6.45, 7) is 4.61. The number of alkyl halides is 1. The number of halogens is 1. The molecule has 0 radical (unpaired) electrons. The molecular formula is C17H22ClN3. The van der Waals surface area contributed by atoms with Crippen LogP contribution in [0.15, 0.2) is 18.2 Å². The minimum absolute atomic E-state index is 0.497. The average molecular weight is 304 g/mol. The quantitative estimate of drug-likeness (QED) is 0.785. The minimum atomic E-state index is 0.497. The van der Waals surface area contributed by atoms with Gasteiger partial charge in [-0.05, 0) is 50.4 Å². The second-order valence-corrected chi connectivity index (χ2v) is 6.75. The van der Waals surface area contributed by atoms with E-state index < -0.39 is 0 Å². The summed E-state index contributed by atoms with van der Waals surface area (Å²) >= 11 is 6.20. The molecule has 4 rings (SSSR count). The molecule has 2 aromatic rings. The number of aromatic nitrogens is 2. The Balaban J connectivity index is 1.81. The van der Waals surface area contributed by atoms with Crippen molar-refractivity contribution >= 4 is 22.6 Å². The van der Waals surface area contributed by atoms with E-state index in [1.54, 1.807) is 0 Å². The molecule has 21 heavy (non-hydrogen) atoms. The topological polar surface area (TPSA) is 21.1 Å². The molecule has 2 aliphatic heterocycles. The summed E-state index contributed by atoms with van der Waals surface area (Å²) in [5.41, 5.74) is 3.62. The van der Waals surface area contributed by atoms with Crippen molar-refractivity contribution in [1.29, 1.82) is 0 Å². The number of nitrogens with zero attached hydrogens (tertiary/aromatic N) is 3. The predicted octanol–water partition coefficient (Wildman–Crippen LogP) is 3.88. The monoisotopic (exact) mass is 303 g/mol. The Morgan fingerprint density at radius 2 is 2.10 bits per heavy atom. The smallest absolute Gasteiger partial charge is 0.125 e. The highest BCUT2D eigenvalue weighted by Gasteiger charge is 2.37. The zero-order valence-corrected chi connectivity index (χ0v) is 13.3. The zero-order chi connectivity index (χ0) is 14.4. The summed E-state index contributed by atoms with van der Waals surface area (Å²) in [4.78, 5) is 7.46. The molecule has 2 atom stereocenters. The molecule has 2 fully saturated rings. The van der Waals surface area contributed by atoms with Crippen molar-refractivity contribution in [3.8, 4) is 0 Å². The average Bonchev–Trinajstić information content (AvgIpc) is 3.07. The van der Waals surface area contributed by atoms with Gasteiger partial charge < -0.3 is 4.57 Å². The van der Waals surface area contributed by atoms with Crippen molar-refractivity contribution in [2.75, 3.05) is 13.1 Å². The molecule has 0 saturated carbocycles. The molecule has 2 saturated heterocycles. The van der Waals surface area contributed by atoms with Crippen LogP contribution in [0.3, 0.4) is 0 Å². The second-order valence-electron chi connectivity index (χ2n) is 6.48. The highest BCUT2D eigenvalue weighted by Crippen LogP contribution is 2.38. The van der Waals surface area contributed by atoms with Gasteiger partial charge in [-0.25, -0.2) is 4.98 Å². The normalized spacial score (nSPS) is 26.4. The first-order valence-electron chi connectivity index (χ1n) is 8.05. The SMILES string of the molecule is Cc1ccc2c(c1)nc(CCl)n2C1CCN2CCCCC12. The lowest BCUT2D eigenvalue weighted by atomic mass is 9.98. The molecular weight excluding hydrogens is 282 g/mol. The fraction of sp³-hybridized carbons (Fsp3) is 0.588. The van der Waals surface area contributed by atoms with E-state index in [0.717, 1.165) is 11.3 Å². The van der Waals surface area contributed by atoms with Crippen LogP contribution in [0.1, 0.15) is 43.1 Å². The van der Waals surface area contributed by atoms with Crippen LogP contribution in [0.5, 0.6) is 0 Å². The Hall–Kier alpha value is -1.06. The van der Waals surface area contributed by atoms with Crippen molar-refractivity contribution < 1.29 is 0 Å². The maximum Gasteiger partial charge on any atom is 0.125 e. The lowest BCUT2D eigenvalue weighted by Crippen LogP contribution is -2.38. The Morgan fingerprint density at radius 3 is 2.95 bits per heavy atom. The molecule has 3 heterocycles. The minimum Gasteiger partial charge on any atom is -0.322 e. The van der Waals surface area contributed by atoms with Crippen LogP contribution < -0.4 is 0 Å². The summed E-state index contributed by atoms with van der Waals surface area (Å²) in [6, 6.07) is 7.81. The van der Waals surface area contributed by atoms with Gasteiger partial charge in [-0.3, -0.25) is 4.90 Å². The number of imidazole rings is 1. The van der Waals surface area contributed by atoms with Gasteiger partial charge in [0.05, 0.1) is 23.0 Å². The molecule has 0 bridgehead atoms. The lowest BCUT2D eigenvalue weighted by molar-refractivity contribution is 0.174. The number of aryl methyl sites for hydroxylation is 1. The molecule has 2 unspecified atom stereocenters. The van der Waals surface area contributed by atoms with Gasteiger partial charge >= 0.3 is 0 Å². The molecule has 0 spiro atoms. The van der Waals surface area contributed by atoms with Crippen molar-refractivity contribution in [1.82, 2.24) is 14.5 Å². The molecule has 112 valence electrons. The second kappa shape index (κ2) is 5.29. The zero-order valence-electron chi connectivity index (χ0n) is 12.6. The van der Waals surface area contributed by atoms with Crippen molar-refractivity contribution in [2.24, 2.45) is 0 Å². The number of rotatable bonds is 2. The van der Waals surface area contributed by atoms with Crippen molar-refractivity contribution in [2.45, 2.75) is 50.6 Å². The van der Waals surface area contributed by atoms with Crippen LogP contribution in [0.25, 0.3) is 11.0 Å². The van der Waals surface area contributed by atoms with E-state index in [4.69, 9.17) is 16.6 Å². The number of hydrogen-bond acceptors (Lipinski definition) is 2. The van der Waals surface area contributed by atoms with Gasteiger partial charge in [-0.2, -0.15) is 0 Å². The van der Waals surface area contributed by atoms with E-state index in [-0.39, 0.29) is 0 Å². The molecule has 0 amide bonds. The van der Waals surface area contributed by atoms with Crippen molar-refractivity contribution in [3.63, 3.8) is 0 Å². The van der Waals surface area contributed by atoms with E-state index in [1.165, 1.54) is 49.9 Å². The van der Waals surface area contributed by atoms with Crippen LogP contribution >= 0.6 is 11.6 Å². The summed E-state index contributed by atoms with van der Waals surface area (Å²) in [6.07, 6.45) is 5.26. The third kappa shape index (κ3) is 2.18. The molecule has 0 aliphatic carbocycles. The fourth-order valence-corrected chi connectivity index (χ4v) is 4.43. The summed E-state index contributed by atoms with van der Waals surface area (Å²) in [7, 11) is 0. The van der Waals surface area contributed by atoms with E-state index in [1.807, 2.05) is 0 Å². The van der Waals surface area contributed by atoms with Crippen LogP contribution in [0.4, 0.5) is 0 Å². The first kappa shape index (κ1) is 13.6. The summed E-state index contributed by atoms with van der Waals surface area (Å²) < 4.78 is 2.44. The highest BCUT2D eigenvalue weighted by atomic mass is 35.5. The lowest BCUT2D eigenvalue weighted by Gasteiger charge is -2.33. The van der Waals surface area contributed by atoms with Gasteiger partial charge in [-0.1, -0.05) is 12.5 Å². The van der Waals surface area contributed by atoms with Crippen molar-refractivity contribution in [3.05, 3.63) is 29.6 Å². The molecule has 4 heteroatoms. The van der Waals surface area contributed by atoms with Gasteiger partial charge in [0.25, 0.3) is 0 Å². The third-order valence-electron chi connectivity index (χ3n) is 5.19. The van der Waals surface area contributed by atoms with Gasteiger partial charge in [0.15, 0.2) is 0 Å². The Kier molecular flexibility index (Phi) is 3.43. The number of fused-ring (bicyclic) bond motifs is 2. The molecule has 1 aromatic carbocycles. The van der Waals surface area contributed by atoms with Gasteiger partial charge in [0.2, 0.25) is 0 Å². The molecule has 3 nitrogen and oxygen atoms in total. The predicted molar refractivity (Wildman–Crippen MR) is 86.9 cm³/mol. The largest absolute Gasteiger partial charge is 0.322 e. The highest BCUT2D eigenvalue weighted by molar-refractivity contribution is 6.16. The van der Waals surface area contributed by atoms with Crippen LogP contribution in [0, 0.1) is 6.92 Å². The van der Waals surface area contributed by atoms with E-state index in [2.05, 4.69) is 34.6 Å². The summed E-state index contributed by atoms with van der Waals surface area (Å²) in [5.74, 6) is 1.53. The first-order valence-corrected chi connectivity index (χ1v) is 8.59. The van der Waals surface area contributed by atoms with Gasteiger partial charge in [0, 0.05) is 12.6 Å². The Labute approximate surface area is 130 Å². The maximum atomic E-state index is 6.20. The number of benzene rings is 1. The van der Waals surface area contributed by atoms with Gasteiger partial charge in [-0.15, -0.1) is 11.6 Å². The Bertz CT molecular complexity index is 663. The standard InChI is InChI=1S/C17H22ClN3/c1-12-5-6-14-13(10-12)19-17(11-18)21(14)16-7-9-20-8-3-2-4-15(16)20/h5-6,10,15-16H,2-4,7-9,11H2,1H3. The Morgan fingerprint density at radius 1 is 1.19 bits per heavy atom. The molecule has 0 N–H and O–H groups in total. The van der Waals surface area contributed by atoms with E-state index in [9.17, 15) is 0 Å². The fourth-order valence-electron chi connectivity index (χ4n) is 4.24. The van der Waals surface area contributed by atoms with E-state index >= 15 is 0 Å². The maximum absolute atomic E-state index is 6.20. The number of piperidine rings is 1. The first-order chi connectivity index (χ1) is 10.3.